The normalized spacial score (nSPS) is 10.6. The zero-order chi connectivity index (χ0) is 21.5. The first-order valence-corrected chi connectivity index (χ1v) is 9.03. The molecule has 6 heteroatoms. The maximum atomic E-state index is 13.8. The fourth-order valence-corrected chi connectivity index (χ4v) is 2.75. The van der Waals surface area contributed by atoms with Gasteiger partial charge in [-0.2, -0.15) is 0 Å². The summed E-state index contributed by atoms with van der Waals surface area (Å²) in [6.45, 7) is 0. The molecule has 0 amide bonds. The Labute approximate surface area is 173 Å². The van der Waals surface area contributed by atoms with Crippen LogP contribution in [0.2, 0.25) is 0 Å². The Bertz CT molecular complexity index is 1100. The second kappa shape index (κ2) is 9.52. The summed E-state index contributed by atoms with van der Waals surface area (Å²) in [6.07, 6.45) is 2.59. The molecule has 0 saturated heterocycles. The topological polar surface area (TPSA) is 61.8 Å². The van der Waals surface area contributed by atoms with Gasteiger partial charge in [-0.3, -0.25) is 4.79 Å². The molecule has 152 valence electrons. The minimum atomic E-state index is -0.687. The average molecular weight is 406 g/mol. The number of ketones is 1. The van der Waals surface area contributed by atoms with Crippen LogP contribution in [0.5, 0.6) is 17.2 Å². The van der Waals surface area contributed by atoms with Gasteiger partial charge in [-0.1, -0.05) is 30.3 Å². The van der Waals surface area contributed by atoms with Crippen LogP contribution < -0.4 is 14.2 Å². The van der Waals surface area contributed by atoms with Gasteiger partial charge in [0.05, 0.1) is 19.8 Å². The van der Waals surface area contributed by atoms with Crippen LogP contribution in [0.15, 0.2) is 72.8 Å². The van der Waals surface area contributed by atoms with Crippen LogP contribution in [0.3, 0.4) is 0 Å². The van der Waals surface area contributed by atoms with E-state index in [1.165, 1.54) is 44.6 Å². The molecular weight excluding hydrogens is 387 g/mol. The van der Waals surface area contributed by atoms with E-state index in [9.17, 15) is 14.0 Å². The number of carbonyl (C=O) groups is 2. The van der Waals surface area contributed by atoms with Gasteiger partial charge >= 0.3 is 5.97 Å². The molecule has 0 bridgehead atoms. The minimum absolute atomic E-state index is 0.0217. The number of allylic oxidation sites excluding steroid dienone is 1. The molecule has 3 rings (SSSR count). The monoisotopic (exact) mass is 406 g/mol. The average Bonchev–Trinajstić information content (AvgIpc) is 2.78. The molecule has 0 atom stereocenters. The third-order valence-corrected chi connectivity index (χ3v) is 4.30. The number of hydrogen-bond acceptors (Lipinski definition) is 5. The quantitative estimate of drug-likeness (QED) is 0.240. The van der Waals surface area contributed by atoms with Crippen LogP contribution in [-0.4, -0.2) is 26.0 Å². The molecule has 0 spiro atoms. The highest BCUT2D eigenvalue weighted by Gasteiger charge is 2.19. The predicted octanol–water partition coefficient (Wildman–Crippen LogP) is 4.96. The molecule has 0 heterocycles. The molecule has 30 heavy (non-hydrogen) atoms. The lowest BCUT2D eigenvalue weighted by Crippen LogP contribution is -2.12. The van der Waals surface area contributed by atoms with Crippen LogP contribution in [-0.2, 0) is 0 Å². The fraction of sp³-hybridized carbons (Fsp3) is 0.0833. The van der Waals surface area contributed by atoms with E-state index in [-0.39, 0.29) is 22.4 Å². The molecule has 0 aliphatic rings. The van der Waals surface area contributed by atoms with Crippen molar-refractivity contribution in [1.29, 1.82) is 0 Å². The van der Waals surface area contributed by atoms with Gasteiger partial charge < -0.3 is 14.2 Å². The van der Waals surface area contributed by atoms with Crippen LogP contribution in [0, 0.1) is 5.82 Å². The number of halogens is 1. The maximum absolute atomic E-state index is 13.8. The number of esters is 1. The Morgan fingerprint density at radius 1 is 0.833 bits per heavy atom. The number of rotatable bonds is 7. The number of carbonyl (C=O) groups excluding carboxylic acids is 2. The van der Waals surface area contributed by atoms with E-state index >= 15 is 0 Å². The van der Waals surface area contributed by atoms with E-state index in [2.05, 4.69) is 0 Å². The van der Waals surface area contributed by atoms with E-state index in [0.29, 0.717) is 11.5 Å². The second-order valence-electron chi connectivity index (χ2n) is 6.17. The molecule has 3 aromatic carbocycles. The first-order chi connectivity index (χ1) is 14.5. The molecule has 0 aliphatic carbocycles. The van der Waals surface area contributed by atoms with Crippen molar-refractivity contribution in [3.63, 3.8) is 0 Å². The lowest BCUT2D eigenvalue weighted by molar-refractivity contribution is 0.0729. The van der Waals surface area contributed by atoms with Crippen molar-refractivity contribution in [2.24, 2.45) is 0 Å². The van der Waals surface area contributed by atoms with Gasteiger partial charge in [0.15, 0.2) is 5.78 Å². The molecule has 0 saturated carbocycles. The van der Waals surface area contributed by atoms with Gasteiger partial charge in [-0.15, -0.1) is 0 Å². The van der Waals surface area contributed by atoms with Crippen LogP contribution >= 0.6 is 0 Å². The minimum Gasteiger partial charge on any atom is -0.497 e. The first-order valence-electron chi connectivity index (χ1n) is 9.03. The summed E-state index contributed by atoms with van der Waals surface area (Å²) in [4.78, 5) is 25.4. The molecule has 3 aromatic rings. The molecule has 0 aliphatic heterocycles. The summed E-state index contributed by atoms with van der Waals surface area (Å²) in [5, 5.41) is 0. The summed E-state index contributed by atoms with van der Waals surface area (Å²) in [5.41, 5.74) is 0.613. The smallest absolute Gasteiger partial charge is 0.347 e. The van der Waals surface area contributed by atoms with E-state index in [1.54, 1.807) is 48.5 Å². The van der Waals surface area contributed by atoms with Crippen LogP contribution in [0.4, 0.5) is 4.39 Å². The number of para-hydroxylation sites is 1. The zero-order valence-electron chi connectivity index (χ0n) is 16.4. The third-order valence-electron chi connectivity index (χ3n) is 4.30. The Balaban J connectivity index is 1.91. The molecular formula is C24H19FO5. The van der Waals surface area contributed by atoms with Crippen molar-refractivity contribution in [2.75, 3.05) is 14.2 Å². The Morgan fingerprint density at radius 3 is 2.30 bits per heavy atom. The number of benzene rings is 3. The highest BCUT2D eigenvalue weighted by atomic mass is 19.1. The molecule has 0 N–H and O–H groups in total. The largest absolute Gasteiger partial charge is 0.497 e. The third kappa shape index (κ3) is 4.72. The van der Waals surface area contributed by atoms with Gasteiger partial charge in [0, 0.05) is 11.6 Å². The summed E-state index contributed by atoms with van der Waals surface area (Å²) in [6, 6.07) is 17.2. The van der Waals surface area contributed by atoms with E-state index < -0.39 is 17.6 Å². The SMILES string of the molecule is COc1ccc(C(=O)/C=C/c2ccccc2F)c(OC(=O)c2ccccc2OC)c1. The fourth-order valence-electron chi connectivity index (χ4n) is 2.75. The summed E-state index contributed by atoms with van der Waals surface area (Å²) >= 11 is 0. The number of ether oxygens (including phenoxy) is 3. The molecule has 5 nitrogen and oxygen atoms in total. The summed E-state index contributed by atoms with van der Waals surface area (Å²) < 4.78 is 29.6. The lowest BCUT2D eigenvalue weighted by Gasteiger charge is -2.12. The summed E-state index contributed by atoms with van der Waals surface area (Å²) in [5.74, 6) is -0.811. The van der Waals surface area contributed by atoms with Crippen molar-refractivity contribution < 1.29 is 28.2 Å². The lowest BCUT2D eigenvalue weighted by atomic mass is 10.1. The van der Waals surface area contributed by atoms with Crippen molar-refractivity contribution in [1.82, 2.24) is 0 Å². The maximum Gasteiger partial charge on any atom is 0.347 e. The highest BCUT2D eigenvalue weighted by molar-refractivity contribution is 6.09. The van der Waals surface area contributed by atoms with Gasteiger partial charge in [-0.25, -0.2) is 9.18 Å². The first kappa shape index (κ1) is 20.8. The van der Waals surface area contributed by atoms with E-state index in [4.69, 9.17) is 14.2 Å². The van der Waals surface area contributed by atoms with E-state index in [0.717, 1.165) is 0 Å². The van der Waals surface area contributed by atoms with Crippen LogP contribution in [0.1, 0.15) is 26.3 Å². The predicted molar refractivity (Wildman–Crippen MR) is 111 cm³/mol. The van der Waals surface area contributed by atoms with Gasteiger partial charge in [0.1, 0.15) is 28.6 Å². The molecule has 0 fully saturated rings. The van der Waals surface area contributed by atoms with Crippen LogP contribution in [0.25, 0.3) is 6.08 Å². The van der Waals surface area contributed by atoms with Gasteiger partial charge in [0.2, 0.25) is 0 Å². The van der Waals surface area contributed by atoms with Gasteiger partial charge in [-0.05, 0) is 42.5 Å². The Hall–Kier alpha value is -3.93. The number of hydrogen-bond donors (Lipinski definition) is 0. The van der Waals surface area contributed by atoms with Crippen molar-refractivity contribution in [3.05, 3.63) is 95.3 Å². The van der Waals surface area contributed by atoms with E-state index in [1.807, 2.05) is 0 Å². The zero-order valence-corrected chi connectivity index (χ0v) is 16.4. The highest BCUT2D eigenvalue weighted by Crippen LogP contribution is 2.28. The molecule has 0 unspecified atom stereocenters. The molecule has 0 radical (unpaired) electrons. The second-order valence-corrected chi connectivity index (χ2v) is 6.17. The Kier molecular flexibility index (Phi) is 6.60. The van der Waals surface area contributed by atoms with Crippen molar-refractivity contribution in [2.45, 2.75) is 0 Å². The summed E-state index contributed by atoms with van der Waals surface area (Å²) in [7, 11) is 2.90. The molecule has 0 aromatic heterocycles. The standard InChI is InChI=1S/C24H19FO5/c1-28-17-12-13-18(21(26)14-11-16-7-3-5-9-20(16)25)23(15-17)30-24(27)19-8-4-6-10-22(19)29-2/h3-15H,1-2H3/b14-11+. The Morgan fingerprint density at radius 2 is 1.57 bits per heavy atom. The van der Waals surface area contributed by atoms with Crippen molar-refractivity contribution in [3.8, 4) is 17.2 Å². The number of methoxy groups -OCH3 is 2. The van der Waals surface area contributed by atoms with Gasteiger partial charge in [0.25, 0.3) is 0 Å². The van der Waals surface area contributed by atoms with Crippen molar-refractivity contribution >= 4 is 17.8 Å².